The molecule has 0 aliphatic carbocycles. The molecule has 4 nitrogen and oxygen atoms in total. The van der Waals surface area contributed by atoms with Crippen LogP contribution in [0.1, 0.15) is 29.9 Å². The van der Waals surface area contributed by atoms with Crippen molar-refractivity contribution in [2.75, 3.05) is 5.73 Å². The van der Waals surface area contributed by atoms with E-state index in [1.165, 1.54) is 0 Å². The van der Waals surface area contributed by atoms with Gasteiger partial charge in [0.15, 0.2) is 0 Å². The van der Waals surface area contributed by atoms with E-state index >= 15 is 0 Å². The summed E-state index contributed by atoms with van der Waals surface area (Å²) in [5, 5.41) is 0. The molecule has 2 aromatic rings. The van der Waals surface area contributed by atoms with Crippen molar-refractivity contribution in [3.05, 3.63) is 53.9 Å². The largest absolute Gasteiger partial charge is 0.491 e. The summed E-state index contributed by atoms with van der Waals surface area (Å²) in [5.41, 5.74) is 6.93. The van der Waals surface area contributed by atoms with Crippen LogP contribution in [0.2, 0.25) is 0 Å². The van der Waals surface area contributed by atoms with Crippen LogP contribution in [0, 0.1) is 0 Å². The molecule has 0 saturated heterocycles. The topological polar surface area (TPSA) is 65.2 Å². The Kier molecular flexibility index (Phi) is 3.80. The molecule has 0 fully saturated rings. The van der Waals surface area contributed by atoms with E-state index in [0.717, 1.165) is 0 Å². The molecule has 1 heterocycles. The second kappa shape index (κ2) is 5.52. The number of nitrogen functional groups attached to an aromatic ring is 1. The lowest BCUT2D eigenvalue weighted by Gasteiger charge is -2.10. The van der Waals surface area contributed by atoms with Gasteiger partial charge in [-0.2, -0.15) is 0 Å². The van der Waals surface area contributed by atoms with Crippen LogP contribution in [0.15, 0.2) is 42.6 Å². The van der Waals surface area contributed by atoms with Crippen molar-refractivity contribution >= 4 is 11.5 Å². The lowest BCUT2D eigenvalue weighted by molar-refractivity contribution is 0.103. The average Bonchev–Trinajstić information content (AvgIpc) is 2.38. The number of carbonyl (C=O) groups is 1. The van der Waals surface area contributed by atoms with Gasteiger partial charge < -0.3 is 10.5 Å². The molecule has 0 unspecified atom stereocenters. The van der Waals surface area contributed by atoms with Gasteiger partial charge in [-0.05, 0) is 38.1 Å². The number of rotatable bonds is 4. The number of aromatic nitrogens is 1. The summed E-state index contributed by atoms with van der Waals surface area (Å²) >= 11 is 0. The number of hydrogen-bond donors (Lipinski definition) is 1. The molecule has 0 saturated carbocycles. The molecule has 19 heavy (non-hydrogen) atoms. The van der Waals surface area contributed by atoms with Gasteiger partial charge in [0, 0.05) is 11.8 Å². The monoisotopic (exact) mass is 256 g/mol. The molecule has 0 bridgehead atoms. The molecule has 98 valence electrons. The number of nitrogens with two attached hydrogens (primary N) is 1. The molecule has 0 aliphatic heterocycles. The van der Waals surface area contributed by atoms with Crippen molar-refractivity contribution in [1.82, 2.24) is 4.98 Å². The first-order valence-electron chi connectivity index (χ1n) is 6.10. The van der Waals surface area contributed by atoms with Crippen molar-refractivity contribution < 1.29 is 9.53 Å². The van der Waals surface area contributed by atoms with Gasteiger partial charge in [0.25, 0.3) is 0 Å². The van der Waals surface area contributed by atoms with Crippen LogP contribution in [0.5, 0.6) is 5.75 Å². The van der Waals surface area contributed by atoms with Crippen LogP contribution in [-0.2, 0) is 0 Å². The lowest BCUT2D eigenvalue weighted by Crippen LogP contribution is -2.09. The number of ether oxygens (including phenoxy) is 1. The third kappa shape index (κ3) is 3.10. The van der Waals surface area contributed by atoms with E-state index in [9.17, 15) is 4.79 Å². The maximum absolute atomic E-state index is 12.3. The molecule has 0 aliphatic rings. The van der Waals surface area contributed by atoms with Crippen LogP contribution in [0.4, 0.5) is 5.69 Å². The number of benzene rings is 1. The first kappa shape index (κ1) is 13.1. The average molecular weight is 256 g/mol. The van der Waals surface area contributed by atoms with E-state index in [1.54, 1.807) is 36.5 Å². The van der Waals surface area contributed by atoms with Crippen LogP contribution in [-0.4, -0.2) is 16.9 Å². The Labute approximate surface area is 112 Å². The number of carbonyl (C=O) groups excluding carboxylic acids is 1. The van der Waals surface area contributed by atoms with Gasteiger partial charge in [0.2, 0.25) is 5.78 Å². The Morgan fingerprint density at radius 1 is 1.26 bits per heavy atom. The minimum absolute atomic E-state index is 0.0604. The zero-order chi connectivity index (χ0) is 13.8. The van der Waals surface area contributed by atoms with Crippen molar-refractivity contribution in [1.29, 1.82) is 0 Å². The highest BCUT2D eigenvalue weighted by molar-refractivity contribution is 6.10. The molecule has 1 aromatic carbocycles. The molecule has 1 aromatic heterocycles. The number of nitrogens with zero attached hydrogens (tertiary/aromatic N) is 1. The van der Waals surface area contributed by atoms with Gasteiger partial charge in [0.1, 0.15) is 11.4 Å². The minimum Gasteiger partial charge on any atom is -0.491 e. The van der Waals surface area contributed by atoms with E-state index in [2.05, 4.69) is 4.98 Å². The van der Waals surface area contributed by atoms with Crippen molar-refractivity contribution in [3.8, 4) is 5.75 Å². The van der Waals surface area contributed by atoms with E-state index < -0.39 is 0 Å². The number of pyridine rings is 1. The summed E-state index contributed by atoms with van der Waals surface area (Å²) in [6, 6.07) is 10.4. The fourth-order valence-corrected chi connectivity index (χ4v) is 1.73. The van der Waals surface area contributed by atoms with Gasteiger partial charge in [-0.3, -0.25) is 9.78 Å². The third-order valence-electron chi connectivity index (χ3n) is 2.52. The smallest absolute Gasteiger partial charge is 0.213 e. The Morgan fingerprint density at radius 3 is 2.74 bits per heavy atom. The quantitative estimate of drug-likeness (QED) is 0.854. The molecular weight excluding hydrogens is 240 g/mol. The predicted molar refractivity (Wildman–Crippen MR) is 74.3 cm³/mol. The standard InChI is InChI=1S/C15H16N2O2/c1-10(2)19-12-6-3-5-11(9-12)15(18)14-13(16)7-4-8-17-14/h3-10H,16H2,1-2H3. The third-order valence-corrected chi connectivity index (χ3v) is 2.52. The second-order valence-corrected chi connectivity index (χ2v) is 4.46. The highest BCUT2D eigenvalue weighted by Crippen LogP contribution is 2.19. The first-order valence-corrected chi connectivity index (χ1v) is 6.10. The zero-order valence-electron chi connectivity index (χ0n) is 11.0. The van der Waals surface area contributed by atoms with Crippen LogP contribution >= 0.6 is 0 Å². The summed E-state index contributed by atoms with van der Waals surface area (Å²) in [6.07, 6.45) is 1.61. The number of ketones is 1. The Morgan fingerprint density at radius 2 is 2.05 bits per heavy atom. The Bertz CT molecular complexity index is 594. The van der Waals surface area contributed by atoms with Crippen molar-refractivity contribution in [2.45, 2.75) is 20.0 Å². The summed E-state index contributed by atoms with van der Waals surface area (Å²) in [6.45, 7) is 3.87. The fourth-order valence-electron chi connectivity index (χ4n) is 1.73. The van der Waals surface area contributed by atoms with E-state index in [4.69, 9.17) is 10.5 Å². The summed E-state index contributed by atoms with van der Waals surface area (Å²) in [7, 11) is 0. The van der Waals surface area contributed by atoms with Gasteiger partial charge in [0.05, 0.1) is 11.8 Å². The fraction of sp³-hybridized carbons (Fsp3) is 0.200. The molecule has 0 radical (unpaired) electrons. The molecule has 0 spiro atoms. The number of hydrogen-bond acceptors (Lipinski definition) is 4. The van der Waals surface area contributed by atoms with E-state index in [0.29, 0.717) is 17.0 Å². The first-order chi connectivity index (χ1) is 9.08. The predicted octanol–water partition coefficient (Wildman–Crippen LogP) is 2.68. The van der Waals surface area contributed by atoms with E-state index in [-0.39, 0.29) is 17.6 Å². The van der Waals surface area contributed by atoms with Crippen molar-refractivity contribution in [3.63, 3.8) is 0 Å². The molecule has 0 amide bonds. The SMILES string of the molecule is CC(C)Oc1cccc(C(=O)c2ncccc2N)c1. The summed E-state index contributed by atoms with van der Waals surface area (Å²) in [4.78, 5) is 16.3. The van der Waals surface area contributed by atoms with Gasteiger partial charge in [-0.15, -0.1) is 0 Å². The maximum Gasteiger partial charge on any atom is 0.213 e. The molecule has 0 atom stereocenters. The maximum atomic E-state index is 12.3. The Balaban J connectivity index is 2.32. The highest BCUT2D eigenvalue weighted by atomic mass is 16.5. The van der Waals surface area contributed by atoms with Crippen LogP contribution in [0.25, 0.3) is 0 Å². The Hall–Kier alpha value is -2.36. The van der Waals surface area contributed by atoms with Crippen molar-refractivity contribution in [2.24, 2.45) is 0 Å². The van der Waals surface area contributed by atoms with Gasteiger partial charge in [-0.1, -0.05) is 12.1 Å². The molecule has 2 N–H and O–H groups in total. The van der Waals surface area contributed by atoms with Gasteiger partial charge in [-0.25, -0.2) is 0 Å². The number of anilines is 1. The summed E-state index contributed by atoms with van der Waals surface area (Å²) in [5.74, 6) is 0.461. The normalized spacial score (nSPS) is 10.5. The zero-order valence-corrected chi connectivity index (χ0v) is 11.0. The van der Waals surface area contributed by atoms with Crippen LogP contribution in [0.3, 0.4) is 0 Å². The summed E-state index contributed by atoms with van der Waals surface area (Å²) < 4.78 is 5.57. The van der Waals surface area contributed by atoms with Gasteiger partial charge >= 0.3 is 0 Å². The minimum atomic E-state index is -0.202. The molecule has 2 rings (SSSR count). The highest BCUT2D eigenvalue weighted by Gasteiger charge is 2.14. The van der Waals surface area contributed by atoms with Crippen LogP contribution < -0.4 is 10.5 Å². The molecule has 4 heteroatoms. The van der Waals surface area contributed by atoms with E-state index in [1.807, 2.05) is 19.9 Å². The second-order valence-electron chi connectivity index (χ2n) is 4.46. The lowest BCUT2D eigenvalue weighted by atomic mass is 10.1. The molecular formula is C15H16N2O2.